The van der Waals surface area contributed by atoms with E-state index >= 15 is 0 Å². The number of nitrogens with one attached hydrogen (secondary N) is 1. The van der Waals surface area contributed by atoms with Crippen LogP contribution in [0.3, 0.4) is 0 Å². The van der Waals surface area contributed by atoms with Crippen LogP contribution in [0.15, 0.2) is 24.3 Å². The minimum atomic E-state index is 0.456. The molecular formula is C18H30N2. The van der Waals surface area contributed by atoms with Crippen LogP contribution in [0, 0.1) is 12.8 Å². The first kappa shape index (κ1) is 15.5. The highest BCUT2D eigenvalue weighted by Crippen LogP contribution is 2.17. The molecule has 0 aliphatic carbocycles. The molecule has 20 heavy (non-hydrogen) atoms. The number of rotatable bonds is 6. The van der Waals surface area contributed by atoms with Crippen molar-refractivity contribution < 1.29 is 0 Å². The van der Waals surface area contributed by atoms with Gasteiger partial charge in [0.25, 0.3) is 0 Å². The Morgan fingerprint density at radius 3 is 2.65 bits per heavy atom. The van der Waals surface area contributed by atoms with Crippen molar-refractivity contribution in [3.63, 3.8) is 0 Å². The van der Waals surface area contributed by atoms with E-state index in [1.165, 1.54) is 50.0 Å². The van der Waals surface area contributed by atoms with Crippen LogP contribution in [-0.2, 0) is 0 Å². The second-order valence-corrected chi connectivity index (χ2v) is 6.41. The van der Waals surface area contributed by atoms with Crippen LogP contribution in [0.2, 0.25) is 0 Å². The van der Waals surface area contributed by atoms with Crippen LogP contribution in [0.1, 0.15) is 50.3 Å². The maximum Gasteiger partial charge on any atom is 0.0294 e. The van der Waals surface area contributed by atoms with Gasteiger partial charge in [-0.15, -0.1) is 0 Å². The Bertz CT molecular complexity index is 394. The predicted molar refractivity (Wildman–Crippen MR) is 87.1 cm³/mol. The highest BCUT2D eigenvalue weighted by atomic mass is 15.1. The van der Waals surface area contributed by atoms with Crippen molar-refractivity contribution in [2.75, 3.05) is 26.2 Å². The first-order valence-electron chi connectivity index (χ1n) is 8.18. The molecule has 1 saturated heterocycles. The quantitative estimate of drug-likeness (QED) is 0.794. The van der Waals surface area contributed by atoms with Gasteiger partial charge in [-0.3, -0.25) is 0 Å². The molecule has 1 aliphatic heterocycles. The third kappa shape index (κ3) is 4.60. The Labute approximate surface area is 124 Å². The summed E-state index contributed by atoms with van der Waals surface area (Å²) in [6.45, 7) is 11.8. The van der Waals surface area contributed by atoms with E-state index in [9.17, 15) is 0 Å². The molecule has 1 aromatic carbocycles. The van der Waals surface area contributed by atoms with Gasteiger partial charge in [-0.05, 0) is 76.3 Å². The van der Waals surface area contributed by atoms with Crippen LogP contribution in [0.25, 0.3) is 0 Å². The van der Waals surface area contributed by atoms with Gasteiger partial charge in [0, 0.05) is 6.04 Å². The van der Waals surface area contributed by atoms with Gasteiger partial charge in [0.15, 0.2) is 0 Å². The highest BCUT2D eigenvalue weighted by Gasteiger charge is 2.15. The van der Waals surface area contributed by atoms with Crippen LogP contribution in [-0.4, -0.2) is 31.1 Å². The van der Waals surface area contributed by atoms with Gasteiger partial charge in [-0.1, -0.05) is 31.2 Å². The molecule has 0 saturated carbocycles. The van der Waals surface area contributed by atoms with Gasteiger partial charge < -0.3 is 10.2 Å². The summed E-state index contributed by atoms with van der Waals surface area (Å²) in [5.41, 5.74) is 2.82. The first-order valence-corrected chi connectivity index (χ1v) is 8.18. The number of hydrogen-bond acceptors (Lipinski definition) is 2. The summed E-state index contributed by atoms with van der Waals surface area (Å²) in [5.74, 6) is 0.936. The van der Waals surface area contributed by atoms with Gasteiger partial charge in [-0.25, -0.2) is 0 Å². The van der Waals surface area contributed by atoms with Crippen molar-refractivity contribution in [2.24, 2.45) is 5.92 Å². The second-order valence-electron chi connectivity index (χ2n) is 6.41. The number of nitrogens with zero attached hydrogens (tertiary/aromatic N) is 1. The largest absolute Gasteiger partial charge is 0.310 e. The maximum atomic E-state index is 3.66. The van der Waals surface area contributed by atoms with Crippen molar-refractivity contribution in [3.8, 4) is 0 Å². The molecule has 2 nitrogen and oxygen atoms in total. The molecule has 0 spiro atoms. The summed E-state index contributed by atoms with van der Waals surface area (Å²) >= 11 is 0. The SMILES string of the molecule is Cc1ccccc1C(C)NCCCN1CCC(C)CC1. The van der Waals surface area contributed by atoms with E-state index in [4.69, 9.17) is 0 Å². The van der Waals surface area contributed by atoms with Gasteiger partial charge in [-0.2, -0.15) is 0 Å². The maximum absolute atomic E-state index is 3.66. The van der Waals surface area contributed by atoms with E-state index in [1.807, 2.05) is 0 Å². The molecule has 1 atom stereocenters. The minimum absolute atomic E-state index is 0.456. The Balaban J connectivity index is 1.65. The molecule has 2 heteroatoms. The summed E-state index contributed by atoms with van der Waals surface area (Å²) in [6, 6.07) is 9.14. The van der Waals surface area contributed by atoms with Gasteiger partial charge in [0.05, 0.1) is 0 Å². The van der Waals surface area contributed by atoms with Crippen molar-refractivity contribution in [2.45, 2.75) is 46.1 Å². The Morgan fingerprint density at radius 2 is 1.95 bits per heavy atom. The van der Waals surface area contributed by atoms with Crippen LogP contribution in [0.4, 0.5) is 0 Å². The summed E-state index contributed by atoms with van der Waals surface area (Å²) < 4.78 is 0. The van der Waals surface area contributed by atoms with Crippen molar-refractivity contribution in [1.29, 1.82) is 0 Å². The van der Waals surface area contributed by atoms with E-state index < -0.39 is 0 Å². The van der Waals surface area contributed by atoms with Crippen molar-refractivity contribution in [3.05, 3.63) is 35.4 Å². The number of piperidine rings is 1. The number of benzene rings is 1. The van der Waals surface area contributed by atoms with E-state index in [2.05, 4.69) is 55.3 Å². The lowest BCUT2D eigenvalue weighted by atomic mass is 9.99. The first-order chi connectivity index (χ1) is 9.66. The molecule has 1 fully saturated rings. The topological polar surface area (TPSA) is 15.3 Å². The van der Waals surface area contributed by atoms with E-state index in [1.54, 1.807) is 0 Å². The van der Waals surface area contributed by atoms with Crippen LogP contribution < -0.4 is 5.32 Å². The van der Waals surface area contributed by atoms with E-state index in [0.717, 1.165) is 12.5 Å². The fourth-order valence-electron chi connectivity index (χ4n) is 3.09. The van der Waals surface area contributed by atoms with Gasteiger partial charge in [0.1, 0.15) is 0 Å². The fourth-order valence-corrected chi connectivity index (χ4v) is 3.09. The Hall–Kier alpha value is -0.860. The minimum Gasteiger partial charge on any atom is -0.310 e. The predicted octanol–water partition coefficient (Wildman–Crippen LogP) is 3.77. The lowest BCUT2D eigenvalue weighted by molar-refractivity contribution is 0.190. The Kier molecular flexibility index (Phi) is 6.06. The molecule has 1 N–H and O–H groups in total. The lowest BCUT2D eigenvalue weighted by Crippen LogP contribution is -2.35. The smallest absolute Gasteiger partial charge is 0.0294 e. The molecule has 1 aromatic rings. The fraction of sp³-hybridized carbons (Fsp3) is 0.667. The zero-order valence-corrected chi connectivity index (χ0v) is 13.4. The zero-order chi connectivity index (χ0) is 14.4. The molecule has 1 unspecified atom stereocenters. The molecule has 0 radical (unpaired) electrons. The average Bonchev–Trinajstić information content (AvgIpc) is 2.46. The van der Waals surface area contributed by atoms with Crippen LogP contribution >= 0.6 is 0 Å². The zero-order valence-electron chi connectivity index (χ0n) is 13.4. The third-order valence-corrected chi connectivity index (χ3v) is 4.63. The molecular weight excluding hydrogens is 244 g/mol. The molecule has 1 heterocycles. The highest BCUT2D eigenvalue weighted by molar-refractivity contribution is 5.28. The van der Waals surface area contributed by atoms with E-state index in [0.29, 0.717) is 6.04 Å². The second kappa shape index (κ2) is 7.80. The summed E-state index contributed by atoms with van der Waals surface area (Å²) in [4.78, 5) is 2.63. The lowest BCUT2D eigenvalue weighted by Gasteiger charge is -2.30. The monoisotopic (exact) mass is 274 g/mol. The molecule has 1 aliphatic rings. The normalized spacial score (nSPS) is 19.1. The number of likely N-dealkylation sites (tertiary alicyclic amines) is 1. The average molecular weight is 274 g/mol. The van der Waals surface area contributed by atoms with Gasteiger partial charge in [0.2, 0.25) is 0 Å². The van der Waals surface area contributed by atoms with Crippen molar-refractivity contribution >= 4 is 0 Å². The molecule has 112 valence electrons. The number of aryl methyl sites for hydroxylation is 1. The van der Waals surface area contributed by atoms with Crippen LogP contribution in [0.5, 0.6) is 0 Å². The third-order valence-electron chi connectivity index (χ3n) is 4.63. The molecule has 2 rings (SSSR count). The molecule has 0 aromatic heterocycles. The molecule has 0 amide bonds. The van der Waals surface area contributed by atoms with Gasteiger partial charge >= 0.3 is 0 Å². The standard InChI is InChI=1S/C18H30N2/c1-15-9-13-20(14-10-15)12-6-11-19-17(3)18-8-5-4-7-16(18)2/h4-5,7-8,15,17,19H,6,9-14H2,1-3H3. The number of hydrogen-bond donors (Lipinski definition) is 1. The Morgan fingerprint density at radius 1 is 1.25 bits per heavy atom. The summed E-state index contributed by atoms with van der Waals surface area (Å²) in [5, 5.41) is 3.66. The van der Waals surface area contributed by atoms with Crippen molar-refractivity contribution in [1.82, 2.24) is 10.2 Å². The molecule has 0 bridgehead atoms. The summed E-state index contributed by atoms with van der Waals surface area (Å²) in [6.07, 6.45) is 4.02. The summed E-state index contributed by atoms with van der Waals surface area (Å²) in [7, 11) is 0. The van der Waals surface area contributed by atoms with E-state index in [-0.39, 0.29) is 0 Å².